The van der Waals surface area contributed by atoms with Crippen LogP contribution >= 0.6 is 12.6 Å². The maximum Gasteiger partial charge on any atom is 0.232 e. The summed E-state index contributed by atoms with van der Waals surface area (Å²) >= 11 is 3.92. The zero-order valence-corrected chi connectivity index (χ0v) is 7.97. The molecule has 0 heterocycles. The second-order valence-electron chi connectivity index (χ2n) is 2.59. The van der Waals surface area contributed by atoms with Crippen LogP contribution in [0.25, 0.3) is 0 Å². The van der Waals surface area contributed by atoms with E-state index in [0.717, 1.165) is 0 Å². The SMILES string of the molecule is C=CCN(C(=O)CS)C(C)C. The highest BCUT2D eigenvalue weighted by Crippen LogP contribution is 1.99. The molecule has 0 aromatic rings. The zero-order valence-electron chi connectivity index (χ0n) is 7.08. The van der Waals surface area contributed by atoms with Crippen molar-refractivity contribution in [2.45, 2.75) is 19.9 Å². The standard InChI is InChI=1S/C8H15NOS/c1-4-5-9(7(2)3)8(10)6-11/h4,7,11H,1,5-6H2,2-3H3. The molecule has 0 saturated carbocycles. The van der Waals surface area contributed by atoms with Crippen molar-refractivity contribution in [1.29, 1.82) is 0 Å². The third-order valence-electron chi connectivity index (χ3n) is 1.40. The van der Waals surface area contributed by atoms with Crippen LogP contribution < -0.4 is 0 Å². The highest BCUT2D eigenvalue weighted by molar-refractivity contribution is 7.81. The summed E-state index contributed by atoms with van der Waals surface area (Å²) < 4.78 is 0. The van der Waals surface area contributed by atoms with E-state index in [1.54, 1.807) is 11.0 Å². The van der Waals surface area contributed by atoms with Crippen molar-refractivity contribution in [3.63, 3.8) is 0 Å². The Morgan fingerprint density at radius 2 is 2.27 bits per heavy atom. The van der Waals surface area contributed by atoms with E-state index in [1.165, 1.54) is 0 Å². The van der Waals surface area contributed by atoms with Crippen molar-refractivity contribution >= 4 is 18.5 Å². The van der Waals surface area contributed by atoms with Gasteiger partial charge in [-0.15, -0.1) is 6.58 Å². The lowest BCUT2D eigenvalue weighted by Gasteiger charge is -2.24. The molecule has 0 aliphatic carbocycles. The largest absolute Gasteiger partial charge is 0.336 e. The third-order valence-corrected chi connectivity index (χ3v) is 1.68. The molecular weight excluding hydrogens is 158 g/mol. The van der Waals surface area contributed by atoms with Gasteiger partial charge in [-0.05, 0) is 13.8 Å². The summed E-state index contributed by atoms with van der Waals surface area (Å²) in [7, 11) is 0. The fraction of sp³-hybridized carbons (Fsp3) is 0.625. The summed E-state index contributed by atoms with van der Waals surface area (Å²) in [6.45, 7) is 8.14. The number of carbonyl (C=O) groups excluding carboxylic acids is 1. The van der Waals surface area contributed by atoms with Gasteiger partial charge in [0.05, 0.1) is 5.75 Å². The van der Waals surface area contributed by atoms with E-state index in [1.807, 2.05) is 13.8 Å². The van der Waals surface area contributed by atoms with Gasteiger partial charge in [-0.3, -0.25) is 4.79 Å². The van der Waals surface area contributed by atoms with E-state index in [9.17, 15) is 4.79 Å². The number of carbonyl (C=O) groups is 1. The topological polar surface area (TPSA) is 20.3 Å². The van der Waals surface area contributed by atoms with Gasteiger partial charge in [-0.25, -0.2) is 0 Å². The van der Waals surface area contributed by atoms with Gasteiger partial charge >= 0.3 is 0 Å². The van der Waals surface area contributed by atoms with E-state index in [4.69, 9.17) is 0 Å². The second-order valence-corrected chi connectivity index (χ2v) is 2.90. The van der Waals surface area contributed by atoms with Crippen molar-refractivity contribution in [2.75, 3.05) is 12.3 Å². The molecule has 0 bridgehead atoms. The van der Waals surface area contributed by atoms with Crippen LogP contribution in [-0.4, -0.2) is 29.1 Å². The molecule has 0 radical (unpaired) electrons. The smallest absolute Gasteiger partial charge is 0.232 e. The molecule has 0 N–H and O–H groups in total. The minimum absolute atomic E-state index is 0.0585. The number of hydrogen-bond donors (Lipinski definition) is 1. The Labute approximate surface area is 73.7 Å². The number of nitrogens with zero attached hydrogens (tertiary/aromatic N) is 1. The highest BCUT2D eigenvalue weighted by Gasteiger charge is 2.12. The predicted octanol–water partition coefficient (Wildman–Crippen LogP) is 1.34. The predicted molar refractivity (Wildman–Crippen MR) is 50.9 cm³/mol. The lowest BCUT2D eigenvalue weighted by atomic mass is 10.3. The third kappa shape index (κ3) is 3.46. The van der Waals surface area contributed by atoms with Crippen LogP contribution in [0.3, 0.4) is 0 Å². The average molecular weight is 173 g/mol. The molecule has 3 heteroatoms. The minimum atomic E-state index is 0.0585. The van der Waals surface area contributed by atoms with Crippen LogP contribution in [0.2, 0.25) is 0 Å². The van der Waals surface area contributed by atoms with E-state index >= 15 is 0 Å². The highest BCUT2D eigenvalue weighted by atomic mass is 32.1. The Balaban J connectivity index is 4.08. The van der Waals surface area contributed by atoms with E-state index in [-0.39, 0.29) is 17.7 Å². The molecule has 0 spiro atoms. The quantitative estimate of drug-likeness (QED) is 0.502. The molecule has 11 heavy (non-hydrogen) atoms. The van der Waals surface area contributed by atoms with Crippen LogP contribution in [0.5, 0.6) is 0 Å². The fourth-order valence-corrected chi connectivity index (χ4v) is 1.01. The number of thiol groups is 1. The summed E-state index contributed by atoms with van der Waals surface area (Å²) in [5.74, 6) is 0.328. The van der Waals surface area contributed by atoms with Gasteiger partial charge in [-0.2, -0.15) is 12.6 Å². The normalized spacial score (nSPS) is 9.82. The van der Waals surface area contributed by atoms with Gasteiger partial charge in [-0.1, -0.05) is 6.08 Å². The Morgan fingerprint density at radius 1 is 1.73 bits per heavy atom. The summed E-state index contributed by atoms with van der Waals surface area (Å²) in [6, 6.07) is 0.229. The minimum Gasteiger partial charge on any atom is -0.336 e. The molecular formula is C8H15NOS. The van der Waals surface area contributed by atoms with Crippen molar-refractivity contribution in [1.82, 2.24) is 4.90 Å². The van der Waals surface area contributed by atoms with Gasteiger partial charge < -0.3 is 4.90 Å². The van der Waals surface area contributed by atoms with Gasteiger partial charge in [0.1, 0.15) is 0 Å². The molecule has 0 atom stereocenters. The first-order valence-electron chi connectivity index (χ1n) is 3.64. The molecule has 0 saturated heterocycles. The molecule has 1 amide bonds. The lowest BCUT2D eigenvalue weighted by molar-refractivity contribution is -0.129. The molecule has 0 aliphatic rings. The van der Waals surface area contributed by atoms with Crippen molar-refractivity contribution in [2.24, 2.45) is 0 Å². The summed E-state index contributed by atoms with van der Waals surface area (Å²) in [5, 5.41) is 0. The lowest BCUT2D eigenvalue weighted by Crippen LogP contribution is -2.37. The van der Waals surface area contributed by atoms with Gasteiger partial charge in [0, 0.05) is 12.6 Å². The second kappa shape index (κ2) is 5.24. The molecule has 2 nitrogen and oxygen atoms in total. The molecule has 0 aromatic carbocycles. The maximum absolute atomic E-state index is 11.1. The van der Waals surface area contributed by atoms with Crippen LogP contribution in [0.4, 0.5) is 0 Å². The number of amides is 1. The van der Waals surface area contributed by atoms with E-state index in [2.05, 4.69) is 19.2 Å². The molecule has 0 aromatic heterocycles. The maximum atomic E-state index is 11.1. The van der Waals surface area contributed by atoms with Crippen LogP contribution in [0.15, 0.2) is 12.7 Å². The van der Waals surface area contributed by atoms with E-state index in [0.29, 0.717) is 6.54 Å². The van der Waals surface area contributed by atoms with Gasteiger partial charge in [0.25, 0.3) is 0 Å². The molecule has 0 fully saturated rings. The molecule has 64 valence electrons. The van der Waals surface area contributed by atoms with Crippen molar-refractivity contribution in [3.8, 4) is 0 Å². The first-order chi connectivity index (χ1) is 5.13. The number of hydrogen-bond acceptors (Lipinski definition) is 2. The van der Waals surface area contributed by atoms with Crippen LogP contribution in [0, 0.1) is 0 Å². The van der Waals surface area contributed by atoms with Crippen LogP contribution in [0.1, 0.15) is 13.8 Å². The van der Waals surface area contributed by atoms with Gasteiger partial charge in [0.15, 0.2) is 0 Å². The number of rotatable bonds is 4. The Bertz CT molecular complexity index is 145. The summed E-state index contributed by atoms with van der Waals surface area (Å²) in [6.07, 6.45) is 1.72. The van der Waals surface area contributed by atoms with Crippen LogP contribution in [-0.2, 0) is 4.79 Å². The molecule has 0 aliphatic heterocycles. The molecule has 0 rings (SSSR count). The Hall–Kier alpha value is -0.440. The average Bonchev–Trinajstić information content (AvgIpc) is 1.98. The van der Waals surface area contributed by atoms with Crippen molar-refractivity contribution in [3.05, 3.63) is 12.7 Å². The first kappa shape index (κ1) is 10.6. The zero-order chi connectivity index (χ0) is 8.85. The first-order valence-corrected chi connectivity index (χ1v) is 4.28. The monoisotopic (exact) mass is 173 g/mol. The Morgan fingerprint density at radius 3 is 2.55 bits per heavy atom. The fourth-order valence-electron chi connectivity index (χ4n) is 0.831. The summed E-state index contributed by atoms with van der Waals surface area (Å²) in [5.41, 5.74) is 0. The Kier molecular flexibility index (Phi) is 5.03. The van der Waals surface area contributed by atoms with Gasteiger partial charge in [0.2, 0.25) is 5.91 Å². The molecule has 0 unspecified atom stereocenters. The summed E-state index contributed by atoms with van der Waals surface area (Å²) in [4.78, 5) is 12.9. The van der Waals surface area contributed by atoms with E-state index < -0.39 is 0 Å². The van der Waals surface area contributed by atoms with Crippen molar-refractivity contribution < 1.29 is 4.79 Å².